The zero-order valence-electron chi connectivity index (χ0n) is 9.39. The number of rotatable bonds is 6. The van der Waals surface area contributed by atoms with E-state index in [1.165, 1.54) is 0 Å². The first-order valence-corrected chi connectivity index (χ1v) is 4.87. The van der Waals surface area contributed by atoms with Gasteiger partial charge in [-0.3, -0.25) is 14.9 Å². The van der Waals surface area contributed by atoms with Crippen LogP contribution in [0.25, 0.3) is 0 Å². The Hall–Kier alpha value is -2.33. The van der Waals surface area contributed by atoms with Gasteiger partial charge >= 0.3 is 11.7 Å². The highest BCUT2D eigenvalue weighted by molar-refractivity contribution is 5.69. The van der Waals surface area contributed by atoms with Gasteiger partial charge in [-0.2, -0.15) is 4.39 Å². The molecule has 0 heterocycles. The maximum atomic E-state index is 13.3. The zero-order valence-corrected chi connectivity index (χ0v) is 9.39. The number of nitrogens with two attached hydrogens (primary N) is 1. The third-order valence-electron chi connectivity index (χ3n) is 1.93. The number of nitro groups is 1. The van der Waals surface area contributed by atoms with Gasteiger partial charge in [-0.15, -0.1) is 0 Å². The van der Waals surface area contributed by atoms with Crippen molar-refractivity contribution in [2.24, 2.45) is 5.84 Å². The molecule has 0 unspecified atom stereocenters. The van der Waals surface area contributed by atoms with E-state index in [0.29, 0.717) is 12.1 Å². The predicted octanol–water partition coefficient (Wildman–Crippen LogP) is 0.563. The lowest BCUT2D eigenvalue weighted by atomic mass is 10.3. The van der Waals surface area contributed by atoms with Gasteiger partial charge in [-0.25, -0.2) is 10.2 Å². The molecule has 0 aliphatic heterocycles. The van der Waals surface area contributed by atoms with E-state index in [9.17, 15) is 23.7 Å². The Kier molecular flexibility index (Phi) is 5.09. The van der Waals surface area contributed by atoms with Crippen molar-refractivity contribution >= 4 is 11.7 Å². The molecule has 10 heteroatoms. The van der Waals surface area contributed by atoms with Crippen LogP contribution in [0.4, 0.5) is 14.5 Å². The van der Waals surface area contributed by atoms with Gasteiger partial charge < -0.3 is 9.57 Å². The van der Waals surface area contributed by atoms with E-state index >= 15 is 0 Å². The molecule has 1 rings (SSSR count). The van der Waals surface area contributed by atoms with Crippen LogP contribution < -0.4 is 16.2 Å². The largest absolute Gasteiger partial charge is 0.490 e. The minimum absolute atomic E-state index is 0.276. The lowest BCUT2D eigenvalue weighted by Gasteiger charge is -2.07. The van der Waals surface area contributed by atoms with E-state index in [2.05, 4.69) is 4.84 Å². The molecule has 0 amide bonds. The van der Waals surface area contributed by atoms with Crippen molar-refractivity contribution in [3.8, 4) is 5.75 Å². The van der Waals surface area contributed by atoms with Gasteiger partial charge in [0.05, 0.1) is 24.0 Å². The van der Waals surface area contributed by atoms with Crippen molar-refractivity contribution < 1.29 is 28.1 Å². The molecule has 0 spiro atoms. The fourth-order valence-electron chi connectivity index (χ4n) is 1.13. The Labute approximate surface area is 105 Å². The molecule has 0 bridgehead atoms. The predicted molar refractivity (Wildman–Crippen MR) is 56.5 cm³/mol. The summed E-state index contributed by atoms with van der Waals surface area (Å²) in [6, 6.07) is 0.921. The number of nitrogens with one attached hydrogen (secondary N) is 1. The third kappa shape index (κ3) is 4.12. The lowest BCUT2D eigenvalue weighted by molar-refractivity contribution is -0.387. The van der Waals surface area contributed by atoms with Crippen LogP contribution in [0.5, 0.6) is 5.75 Å². The maximum Gasteiger partial charge on any atom is 0.329 e. The molecule has 3 N–H and O–H groups in total. The van der Waals surface area contributed by atoms with Crippen LogP contribution in [-0.2, 0) is 9.63 Å². The Balaban J connectivity index is 2.67. The third-order valence-corrected chi connectivity index (χ3v) is 1.93. The first-order valence-electron chi connectivity index (χ1n) is 4.87. The van der Waals surface area contributed by atoms with E-state index in [4.69, 9.17) is 10.6 Å². The van der Waals surface area contributed by atoms with Gasteiger partial charge in [0.15, 0.2) is 11.6 Å². The first-order chi connectivity index (χ1) is 8.95. The van der Waals surface area contributed by atoms with Gasteiger partial charge in [0.2, 0.25) is 5.82 Å². The highest BCUT2D eigenvalue weighted by Crippen LogP contribution is 2.26. The number of hydrogen-bond donors (Lipinski definition) is 2. The lowest BCUT2D eigenvalue weighted by Crippen LogP contribution is -2.27. The minimum Gasteiger partial charge on any atom is -0.490 e. The van der Waals surface area contributed by atoms with Gasteiger partial charge in [-0.1, -0.05) is 5.59 Å². The van der Waals surface area contributed by atoms with Crippen LogP contribution in [-0.4, -0.2) is 17.5 Å². The van der Waals surface area contributed by atoms with Gasteiger partial charge in [0.25, 0.3) is 0 Å². The van der Waals surface area contributed by atoms with Crippen LogP contribution in [0, 0.1) is 21.7 Å². The average molecular weight is 277 g/mol. The van der Waals surface area contributed by atoms with E-state index in [0.717, 1.165) is 0 Å². The molecule has 0 aliphatic carbocycles. The summed E-state index contributed by atoms with van der Waals surface area (Å²) in [5.74, 6) is 1.02. The summed E-state index contributed by atoms with van der Waals surface area (Å²) in [4.78, 5) is 24.2. The highest BCUT2D eigenvalue weighted by Gasteiger charge is 2.19. The Morgan fingerprint density at radius 2 is 2.11 bits per heavy atom. The number of nitro benzene ring substituents is 1. The number of carbonyl (C=O) groups is 1. The Bertz CT molecular complexity index is 497. The van der Waals surface area contributed by atoms with Crippen molar-refractivity contribution in [1.29, 1.82) is 0 Å². The van der Waals surface area contributed by atoms with E-state index < -0.39 is 34.0 Å². The monoisotopic (exact) mass is 277 g/mol. The fraction of sp³-hybridized carbons (Fsp3) is 0.222. The summed E-state index contributed by atoms with van der Waals surface area (Å²) < 4.78 is 31.3. The topological polar surface area (TPSA) is 117 Å². The molecular weight excluding hydrogens is 268 g/mol. The Morgan fingerprint density at radius 3 is 2.68 bits per heavy atom. The standard InChI is InChI=1S/C9H9F2N3O5/c10-5-4-8(6(11)3-7(5)14(16)17)18-2-1-9(15)19-13-12/h3-4,13H,1-2,12H2. The summed E-state index contributed by atoms with van der Waals surface area (Å²) in [5, 5.41) is 10.3. The van der Waals surface area contributed by atoms with Crippen LogP contribution in [0.3, 0.4) is 0 Å². The minimum atomic E-state index is -1.24. The smallest absolute Gasteiger partial charge is 0.329 e. The number of nitrogens with zero attached hydrogens (tertiary/aromatic N) is 1. The molecular formula is C9H9F2N3O5. The van der Waals surface area contributed by atoms with Crippen molar-refractivity contribution in [3.63, 3.8) is 0 Å². The molecule has 0 fully saturated rings. The summed E-state index contributed by atoms with van der Waals surface area (Å²) in [6.07, 6.45) is -0.276. The quantitative estimate of drug-likeness (QED) is 0.443. The molecule has 0 atom stereocenters. The van der Waals surface area contributed by atoms with Crippen molar-refractivity contribution in [2.75, 3.05) is 6.61 Å². The number of hydrazine groups is 1. The highest BCUT2D eigenvalue weighted by atomic mass is 19.1. The zero-order chi connectivity index (χ0) is 14.4. The number of carbonyl (C=O) groups excluding carboxylic acids is 1. The number of hydrogen-bond acceptors (Lipinski definition) is 7. The molecule has 0 saturated carbocycles. The van der Waals surface area contributed by atoms with Crippen LogP contribution in [0.1, 0.15) is 6.42 Å². The second-order valence-electron chi connectivity index (χ2n) is 3.18. The van der Waals surface area contributed by atoms with E-state index in [-0.39, 0.29) is 13.0 Å². The second-order valence-corrected chi connectivity index (χ2v) is 3.18. The van der Waals surface area contributed by atoms with Gasteiger partial charge in [0.1, 0.15) is 0 Å². The van der Waals surface area contributed by atoms with Crippen LogP contribution in [0.15, 0.2) is 12.1 Å². The maximum absolute atomic E-state index is 13.3. The normalized spacial score (nSPS) is 10.1. The van der Waals surface area contributed by atoms with Gasteiger partial charge in [-0.05, 0) is 0 Å². The van der Waals surface area contributed by atoms with E-state index in [1.54, 1.807) is 5.59 Å². The van der Waals surface area contributed by atoms with Crippen LogP contribution >= 0.6 is 0 Å². The number of halogens is 2. The van der Waals surface area contributed by atoms with Gasteiger partial charge in [0, 0.05) is 6.07 Å². The number of ether oxygens (including phenoxy) is 1. The average Bonchev–Trinajstić information content (AvgIpc) is 2.33. The molecule has 0 aliphatic rings. The van der Waals surface area contributed by atoms with E-state index in [1.807, 2.05) is 0 Å². The fourth-order valence-corrected chi connectivity index (χ4v) is 1.13. The summed E-state index contributed by atoms with van der Waals surface area (Å²) in [5.41, 5.74) is 0.639. The second kappa shape index (κ2) is 6.56. The molecule has 19 heavy (non-hydrogen) atoms. The molecule has 104 valence electrons. The molecule has 1 aromatic carbocycles. The molecule has 1 aromatic rings. The summed E-state index contributed by atoms with van der Waals surface area (Å²) >= 11 is 0. The number of benzene rings is 1. The van der Waals surface area contributed by atoms with Crippen molar-refractivity contribution in [2.45, 2.75) is 6.42 Å². The molecule has 0 saturated heterocycles. The summed E-state index contributed by atoms with van der Waals surface area (Å²) in [6.45, 7) is -0.311. The first kappa shape index (κ1) is 14.7. The molecule has 8 nitrogen and oxygen atoms in total. The summed E-state index contributed by atoms with van der Waals surface area (Å²) in [7, 11) is 0. The SMILES string of the molecule is NNOC(=O)CCOc1cc(F)c([N+](=O)[O-])cc1F. The molecule has 0 aromatic heterocycles. The molecule has 0 radical (unpaired) electrons. The van der Waals surface area contributed by atoms with Crippen molar-refractivity contribution in [3.05, 3.63) is 33.9 Å². The van der Waals surface area contributed by atoms with Crippen molar-refractivity contribution in [1.82, 2.24) is 5.59 Å². The van der Waals surface area contributed by atoms with Crippen LogP contribution in [0.2, 0.25) is 0 Å². The Morgan fingerprint density at radius 1 is 1.42 bits per heavy atom.